The third kappa shape index (κ3) is 2.04. The van der Waals surface area contributed by atoms with Crippen molar-refractivity contribution >= 4 is 45.6 Å². The topological polar surface area (TPSA) is 74.0 Å². The molecule has 2 aliphatic rings. The van der Waals surface area contributed by atoms with Crippen molar-refractivity contribution in [3.05, 3.63) is 71.4 Å². The molecule has 2 amide bonds. The largest absolute Gasteiger partial charge is 0.368 e. The third-order valence-corrected chi connectivity index (χ3v) is 5.38. The number of amides is 2. The molecular weight excluding hydrogens is 350 g/mol. The maximum atomic E-state index is 12.7. The van der Waals surface area contributed by atoms with Gasteiger partial charge in [-0.25, -0.2) is 0 Å². The predicted octanol–water partition coefficient (Wildman–Crippen LogP) is 3.35. The molecule has 26 heavy (non-hydrogen) atoms. The van der Waals surface area contributed by atoms with Gasteiger partial charge in [-0.15, -0.1) is 0 Å². The zero-order valence-electron chi connectivity index (χ0n) is 13.5. The molecule has 2 atom stereocenters. The summed E-state index contributed by atoms with van der Waals surface area (Å²) in [5.41, 5.74) is 3.74. The summed E-state index contributed by atoms with van der Waals surface area (Å²) in [5, 5.41) is 6.54. The van der Waals surface area contributed by atoms with E-state index in [0.29, 0.717) is 16.7 Å². The average Bonchev–Trinajstić information content (AvgIpc) is 3.27. The normalized spacial score (nSPS) is 21.9. The molecule has 0 saturated heterocycles. The number of hydrogen-bond acceptors (Lipinski definition) is 3. The Morgan fingerprint density at radius 1 is 0.923 bits per heavy atom. The Bertz CT molecular complexity index is 1110. The maximum absolute atomic E-state index is 12.7. The van der Waals surface area contributed by atoms with E-state index < -0.39 is 11.4 Å². The molecule has 0 fully saturated rings. The van der Waals surface area contributed by atoms with Crippen LogP contribution in [0, 0.1) is 0 Å². The van der Waals surface area contributed by atoms with Crippen LogP contribution < -0.4 is 10.6 Å². The molecule has 6 heteroatoms. The Labute approximate surface area is 154 Å². The van der Waals surface area contributed by atoms with E-state index in [0.717, 1.165) is 22.2 Å². The number of benzene rings is 2. The third-order valence-electron chi connectivity index (χ3n) is 5.02. The minimum atomic E-state index is -0.501. The summed E-state index contributed by atoms with van der Waals surface area (Å²) < 4.78 is 0. The Morgan fingerprint density at radius 2 is 1.69 bits per heavy atom. The van der Waals surface area contributed by atoms with Gasteiger partial charge in [-0.05, 0) is 17.7 Å². The smallest absolute Gasteiger partial charge is 0.259 e. The number of para-hydroxylation sites is 2. The lowest BCUT2D eigenvalue weighted by molar-refractivity contribution is -0.123. The van der Waals surface area contributed by atoms with Gasteiger partial charge in [-0.1, -0.05) is 48.0 Å². The quantitative estimate of drug-likeness (QED) is 0.371. The molecule has 3 aromatic rings. The maximum Gasteiger partial charge on any atom is 0.259 e. The second kappa shape index (κ2) is 5.47. The molecule has 5 rings (SSSR count). The van der Waals surface area contributed by atoms with Gasteiger partial charge in [0.2, 0.25) is 0 Å². The molecule has 3 heterocycles. The van der Waals surface area contributed by atoms with Crippen LogP contribution in [0.1, 0.15) is 17.0 Å². The van der Waals surface area contributed by atoms with Crippen molar-refractivity contribution in [3.8, 4) is 0 Å². The number of carbonyl (C=O) groups is 2. The zero-order chi connectivity index (χ0) is 17.8. The predicted molar refractivity (Wildman–Crippen MR) is 101 cm³/mol. The SMILES string of the molecule is O=C1NC(=O)C(C2c3ccccc3NC2Cl)=C1c1c[nH]c2ccccc12. The number of nitrogens with one attached hydrogen (secondary N) is 3. The molecule has 0 bridgehead atoms. The number of rotatable bonds is 2. The van der Waals surface area contributed by atoms with Crippen LogP contribution in [0.2, 0.25) is 0 Å². The van der Waals surface area contributed by atoms with Gasteiger partial charge >= 0.3 is 0 Å². The van der Waals surface area contributed by atoms with Gasteiger partial charge in [0, 0.05) is 33.9 Å². The van der Waals surface area contributed by atoms with E-state index in [1.807, 2.05) is 48.5 Å². The van der Waals surface area contributed by atoms with Gasteiger partial charge in [0.1, 0.15) is 5.50 Å². The number of fused-ring (bicyclic) bond motifs is 2. The lowest BCUT2D eigenvalue weighted by atomic mass is 9.87. The Kier molecular flexibility index (Phi) is 3.21. The van der Waals surface area contributed by atoms with Crippen molar-refractivity contribution in [1.82, 2.24) is 10.3 Å². The van der Waals surface area contributed by atoms with Gasteiger partial charge in [-0.2, -0.15) is 0 Å². The van der Waals surface area contributed by atoms with E-state index in [2.05, 4.69) is 15.6 Å². The first-order valence-corrected chi connectivity index (χ1v) is 8.74. The number of halogens is 1. The molecule has 2 aliphatic heterocycles. The van der Waals surface area contributed by atoms with E-state index in [4.69, 9.17) is 11.6 Å². The fourth-order valence-electron chi connectivity index (χ4n) is 3.90. The Morgan fingerprint density at radius 3 is 2.58 bits per heavy atom. The fourth-order valence-corrected chi connectivity index (χ4v) is 4.28. The number of anilines is 1. The molecule has 5 nitrogen and oxygen atoms in total. The zero-order valence-corrected chi connectivity index (χ0v) is 14.3. The highest BCUT2D eigenvalue weighted by Crippen LogP contribution is 2.46. The van der Waals surface area contributed by atoms with Gasteiger partial charge in [0.15, 0.2) is 0 Å². The van der Waals surface area contributed by atoms with Crippen molar-refractivity contribution in [2.45, 2.75) is 11.4 Å². The first-order valence-electron chi connectivity index (χ1n) is 8.31. The van der Waals surface area contributed by atoms with Crippen LogP contribution >= 0.6 is 11.6 Å². The van der Waals surface area contributed by atoms with Crippen molar-refractivity contribution in [3.63, 3.8) is 0 Å². The van der Waals surface area contributed by atoms with Gasteiger partial charge in [0.25, 0.3) is 11.8 Å². The Balaban J connectivity index is 1.77. The van der Waals surface area contributed by atoms with E-state index in [-0.39, 0.29) is 11.8 Å². The first kappa shape index (κ1) is 15.2. The van der Waals surface area contributed by atoms with Crippen LogP contribution in [0.3, 0.4) is 0 Å². The van der Waals surface area contributed by atoms with Crippen LogP contribution in [0.25, 0.3) is 16.5 Å². The summed E-state index contributed by atoms with van der Waals surface area (Å²) in [5.74, 6) is -1.17. The number of carbonyl (C=O) groups excluding carboxylic acids is 2. The summed E-state index contributed by atoms with van der Waals surface area (Å²) in [6.07, 6.45) is 1.77. The van der Waals surface area contributed by atoms with Crippen LogP contribution in [0.5, 0.6) is 0 Å². The van der Waals surface area contributed by atoms with E-state index in [9.17, 15) is 9.59 Å². The second-order valence-electron chi connectivity index (χ2n) is 6.43. The molecule has 2 aromatic carbocycles. The van der Waals surface area contributed by atoms with Crippen molar-refractivity contribution in [2.75, 3.05) is 5.32 Å². The van der Waals surface area contributed by atoms with E-state index in [1.165, 1.54) is 0 Å². The number of imide groups is 1. The Hall–Kier alpha value is -3.05. The summed E-state index contributed by atoms with van der Waals surface area (Å²) in [6.45, 7) is 0. The number of hydrogen-bond donors (Lipinski definition) is 3. The fraction of sp³-hybridized carbons (Fsp3) is 0.100. The molecule has 128 valence electrons. The standard InChI is InChI=1S/C20H14ClN3O2/c21-18-15(11-6-2-4-8-14(11)23-18)17-16(19(25)24-20(17)26)12-9-22-13-7-3-1-5-10(12)13/h1-9,15,18,22-23H,(H,24,25,26). The first-order chi connectivity index (χ1) is 12.6. The molecule has 0 aliphatic carbocycles. The molecule has 3 N–H and O–H groups in total. The summed E-state index contributed by atoms with van der Waals surface area (Å²) in [7, 11) is 0. The minimum Gasteiger partial charge on any atom is -0.368 e. The van der Waals surface area contributed by atoms with Gasteiger partial charge in [-0.3, -0.25) is 14.9 Å². The number of H-pyrrole nitrogens is 1. The van der Waals surface area contributed by atoms with Crippen LogP contribution in [0.15, 0.2) is 60.3 Å². The van der Waals surface area contributed by atoms with Crippen LogP contribution in [-0.4, -0.2) is 22.3 Å². The van der Waals surface area contributed by atoms with E-state index in [1.54, 1.807) is 6.20 Å². The number of alkyl halides is 1. The van der Waals surface area contributed by atoms with Crippen LogP contribution in [0.4, 0.5) is 5.69 Å². The number of aromatic nitrogens is 1. The monoisotopic (exact) mass is 363 g/mol. The van der Waals surface area contributed by atoms with Crippen LogP contribution in [-0.2, 0) is 9.59 Å². The lowest BCUT2D eigenvalue weighted by Gasteiger charge is -2.16. The number of aromatic amines is 1. The molecule has 0 radical (unpaired) electrons. The highest BCUT2D eigenvalue weighted by molar-refractivity contribution is 6.38. The van der Waals surface area contributed by atoms with Crippen molar-refractivity contribution in [2.24, 2.45) is 0 Å². The highest BCUT2D eigenvalue weighted by Gasteiger charge is 2.43. The average molecular weight is 364 g/mol. The minimum absolute atomic E-state index is 0.385. The van der Waals surface area contributed by atoms with Crippen molar-refractivity contribution < 1.29 is 9.59 Å². The summed E-state index contributed by atoms with van der Waals surface area (Å²) in [4.78, 5) is 28.5. The van der Waals surface area contributed by atoms with Gasteiger partial charge in [0.05, 0.1) is 11.5 Å². The van der Waals surface area contributed by atoms with E-state index >= 15 is 0 Å². The summed E-state index contributed by atoms with van der Waals surface area (Å²) in [6, 6.07) is 15.4. The lowest BCUT2D eigenvalue weighted by Crippen LogP contribution is -2.26. The molecule has 2 unspecified atom stereocenters. The second-order valence-corrected chi connectivity index (χ2v) is 6.90. The molecule has 0 saturated carbocycles. The van der Waals surface area contributed by atoms with Gasteiger partial charge < -0.3 is 10.3 Å². The van der Waals surface area contributed by atoms with Crippen molar-refractivity contribution in [1.29, 1.82) is 0 Å². The summed E-state index contributed by atoms with van der Waals surface area (Å²) >= 11 is 6.54. The highest BCUT2D eigenvalue weighted by atomic mass is 35.5. The molecule has 0 spiro atoms. The molecular formula is C20H14ClN3O2. The molecule has 1 aromatic heterocycles.